The first-order valence-corrected chi connectivity index (χ1v) is 14.4. The van der Waals surface area contributed by atoms with Gasteiger partial charge in [0.15, 0.2) is 23.6 Å². The normalized spacial score (nSPS) is 22.0. The Morgan fingerprint density at radius 3 is 2.24 bits per heavy atom. The van der Waals surface area contributed by atoms with Gasteiger partial charge in [-0.2, -0.15) is 5.10 Å². The van der Waals surface area contributed by atoms with Crippen LogP contribution in [-0.4, -0.2) is 63.1 Å². The molecule has 1 fully saturated rings. The van der Waals surface area contributed by atoms with E-state index in [2.05, 4.69) is 17.0 Å². The highest BCUT2D eigenvalue weighted by Crippen LogP contribution is 2.45. The van der Waals surface area contributed by atoms with Crippen LogP contribution in [0.4, 0.5) is 5.82 Å². The molecule has 3 heterocycles. The van der Waals surface area contributed by atoms with Gasteiger partial charge in [-0.1, -0.05) is 58.3 Å². The molecule has 3 N–H and O–H groups in total. The number of aromatic nitrogens is 3. The van der Waals surface area contributed by atoms with Crippen molar-refractivity contribution in [2.75, 3.05) is 12.3 Å². The van der Waals surface area contributed by atoms with Crippen LogP contribution in [0.2, 0.25) is 0 Å². The van der Waals surface area contributed by atoms with E-state index in [-0.39, 0.29) is 24.6 Å². The summed E-state index contributed by atoms with van der Waals surface area (Å²) in [7, 11) is 0. The van der Waals surface area contributed by atoms with Crippen molar-refractivity contribution < 1.29 is 33.3 Å². The lowest BCUT2D eigenvalue weighted by molar-refractivity contribution is -0.166. The van der Waals surface area contributed by atoms with E-state index < -0.39 is 41.8 Å². The molecule has 3 rings (SSSR count). The Hall–Kier alpha value is -3.54. The molecule has 1 aliphatic heterocycles. The molecular weight excluding hydrogens is 530 g/mol. The van der Waals surface area contributed by atoms with Crippen molar-refractivity contribution in [1.29, 1.82) is 5.41 Å². The third-order valence-corrected chi connectivity index (χ3v) is 7.31. The number of anilines is 1. The van der Waals surface area contributed by atoms with E-state index in [1.54, 1.807) is 12.1 Å². The zero-order valence-electron chi connectivity index (χ0n) is 24.5. The standard InChI is InChI=1S/C29H43N5O7/c1-5-6-7-8-9-10-11-12-13-14-25(37)38-17-23-26(39-20(3)35)27(40-21(4)36)29(41-23,19(2)30)24-16-15-22-28(31)32-18-33-34(22)24/h15-16,18,23,26-27,30H,5-14,17H2,1-4H3,(H2,31,32,33)/t23-,26-,27-,29+/m1/s1. The molecule has 41 heavy (non-hydrogen) atoms. The number of fused-ring (bicyclic) bond motifs is 1. The number of hydrogen-bond donors (Lipinski definition) is 2. The van der Waals surface area contributed by atoms with E-state index in [9.17, 15) is 14.4 Å². The summed E-state index contributed by atoms with van der Waals surface area (Å²) in [5.74, 6) is -1.52. The van der Waals surface area contributed by atoms with Crippen LogP contribution in [0.15, 0.2) is 18.5 Å². The largest absolute Gasteiger partial charge is 0.463 e. The lowest BCUT2D eigenvalue weighted by atomic mass is 9.86. The molecule has 12 nitrogen and oxygen atoms in total. The zero-order chi connectivity index (χ0) is 30.0. The van der Waals surface area contributed by atoms with Crippen molar-refractivity contribution in [2.24, 2.45) is 0 Å². The van der Waals surface area contributed by atoms with Crippen LogP contribution in [0.1, 0.15) is 97.6 Å². The summed E-state index contributed by atoms with van der Waals surface area (Å²) in [6.45, 7) is 5.86. The van der Waals surface area contributed by atoms with Crippen LogP contribution in [0.5, 0.6) is 0 Å². The van der Waals surface area contributed by atoms with E-state index >= 15 is 0 Å². The number of carbonyl (C=O) groups excluding carboxylic acids is 3. The molecule has 2 aromatic rings. The predicted molar refractivity (Wildman–Crippen MR) is 151 cm³/mol. The lowest BCUT2D eigenvalue weighted by Gasteiger charge is -2.33. The van der Waals surface area contributed by atoms with Gasteiger partial charge in [0.25, 0.3) is 0 Å². The van der Waals surface area contributed by atoms with Gasteiger partial charge in [-0.25, -0.2) is 9.50 Å². The maximum absolute atomic E-state index is 12.6. The maximum atomic E-state index is 12.6. The van der Waals surface area contributed by atoms with Gasteiger partial charge in [-0.05, 0) is 25.5 Å². The van der Waals surface area contributed by atoms with Gasteiger partial charge in [0, 0.05) is 26.0 Å². The second-order valence-corrected chi connectivity index (χ2v) is 10.5. The van der Waals surface area contributed by atoms with Crippen LogP contribution >= 0.6 is 0 Å². The second-order valence-electron chi connectivity index (χ2n) is 10.5. The Morgan fingerprint density at radius 2 is 1.63 bits per heavy atom. The van der Waals surface area contributed by atoms with E-state index in [0.717, 1.165) is 19.3 Å². The fourth-order valence-electron chi connectivity index (χ4n) is 5.35. The molecule has 0 bridgehead atoms. The highest BCUT2D eigenvalue weighted by Gasteiger charge is 2.63. The van der Waals surface area contributed by atoms with Gasteiger partial charge in [-0.3, -0.25) is 14.4 Å². The highest BCUT2D eigenvalue weighted by atomic mass is 16.7. The fourth-order valence-corrected chi connectivity index (χ4v) is 5.35. The number of nitrogen functional groups attached to an aromatic ring is 1. The van der Waals surface area contributed by atoms with Crippen molar-refractivity contribution in [3.63, 3.8) is 0 Å². The monoisotopic (exact) mass is 573 g/mol. The molecule has 0 radical (unpaired) electrons. The highest BCUT2D eigenvalue weighted by molar-refractivity contribution is 5.91. The number of carbonyl (C=O) groups is 3. The summed E-state index contributed by atoms with van der Waals surface area (Å²) >= 11 is 0. The van der Waals surface area contributed by atoms with Crippen molar-refractivity contribution in [1.82, 2.24) is 14.6 Å². The molecule has 2 aromatic heterocycles. The number of ether oxygens (including phenoxy) is 4. The first-order valence-electron chi connectivity index (χ1n) is 14.4. The number of nitrogens with two attached hydrogens (primary N) is 1. The van der Waals surface area contributed by atoms with Gasteiger partial charge in [0.2, 0.25) is 0 Å². The Kier molecular flexibility index (Phi) is 11.6. The van der Waals surface area contributed by atoms with E-state index in [1.165, 1.54) is 63.7 Å². The molecule has 0 amide bonds. The Bertz CT molecular complexity index is 1220. The minimum Gasteiger partial charge on any atom is -0.463 e. The Morgan fingerprint density at radius 1 is 1.00 bits per heavy atom. The van der Waals surface area contributed by atoms with Crippen molar-refractivity contribution in [2.45, 2.75) is 116 Å². The molecule has 226 valence electrons. The SMILES string of the molecule is CCCCCCCCCCCC(=O)OC[C@H]1O[C@@](C(C)=N)(c2ccc3c(N)ncnn23)[C@H](OC(C)=O)[C@@H]1OC(C)=O. The van der Waals surface area contributed by atoms with Crippen molar-refractivity contribution in [3.05, 3.63) is 24.2 Å². The van der Waals surface area contributed by atoms with Gasteiger partial charge >= 0.3 is 17.9 Å². The first-order chi connectivity index (χ1) is 19.6. The predicted octanol–water partition coefficient (Wildman–Crippen LogP) is 4.27. The maximum Gasteiger partial charge on any atom is 0.305 e. The van der Waals surface area contributed by atoms with Crippen molar-refractivity contribution >= 4 is 35.0 Å². The minimum atomic E-state index is -1.72. The molecule has 0 unspecified atom stereocenters. The lowest BCUT2D eigenvalue weighted by Crippen LogP contribution is -2.50. The van der Waals surface area contributed by atoms with Crippen LogP contribution in [-0.2, 0) is 38.9 Å². The third kappa shape index (κ3) is 7.81. The first kappa shape index (κ1) is 32.0. The van der Waals surface area contributed by atoms with Crippen molar-refractivity contribution in [3.8, 4) is 0 Å². The summed E-state index contributed by atoms with van der Waals surface area (Å²) in [6.07, 6.45) is 8.19. The topological polar surface area (TPSA) is 168 Å². The molecule has 0 aliphatic carbocycles. The number of unbranched alkanes of at least 4 members (excludes halogenated alkanes) is 8. The Balaban J connectivity index is 1.75. The minimum absolute atomic E-state index is 0.0402. The molecule has 0 spiro atoms. The molecule has 1 saturated heterocycles. The third-order valence-electron chi connectivity index (χ3n) is 7.31. The number of esters is 3. The van der Waals surface area contributed by atoms with E-state index in [4.69, 9.17) is 30.1 Å². The average Bonchev–Trinajstić information content (AvgIpc) is 3.47. The Labute approximate surface area is 240 Å². The number of nitrogens with one attached hydrogen (secondary N) is 1. The average molecular weight is 574 g/mol. The summed E-state index contributed by atoms with van der Waals surface area (Å²) in [6, 6.07) is 3.29. The number of rotatable bonds is 16. The molecule has 4 atom stereocenters. The molecule has 1 aliphatic rings. The summed E-state index contributed by atoms with van der Waals surface area (Å²) in [4.78, 5) is 40.9. The fraction of sp³-hybridized carbons (Fsp3) is 0.655. The number of nitrogens with zero attached hydrogens (tertiary/aromatic N) is 3. The molecule has 0 saturated carbocycles. The summed E-state index contributed by atoms with van der Waals surface area (Å²) < 4.78 is 24.6. The number of hydrogen-bond acceptors (Lipinski definition) is 11. The van der Waals surface area contributed by atoms with Crippen LogP contribution in [0.25, 0.3) is 5.52 Å². The summed E-state index contributed by atoms with van der Waals surface area (Å²) in [5, 5.41) is 13.0. The zero-order valence-corrected chi connectivity index (χ0v) is 24.5. The van der Waals surface area contributed by atoms with E-state index in [1.807, 2.05) is 0 Å². The quantitative estimate of drug-likeness (QED) is 0.128. The van der Waals surface area contributed by atoms with Crippen LogP contribution in [0.3, 0.4) is 0 Å². The second kappa shape index (κ2) is 14.9. The summed E-state index contributed by atoms with van der Waals surface area (Å²) in [5.41, 5.74) is 5.03. The smallest absolute Gasteiger partial charge is 0.305 e. The molecule has 0 aromatic carbocycles. The van der Waals surface area contributed by atoms with Gasteiger partial charge < -0.3 is 30.1 Å². The van der Waals surface area contributed by atoms with Gasteiger partial charge in [0.05, 0.1) is 5.69 Å². The van der Waals surface area contributed by atoms with Crippen LogP contribution in [0, 0.1) is 5.41 Å². The van der Waals surface area contributed by atoms with E-state index in [0.29, 0.717) is 17.6 Å². The van der Waals surface area contributed by atoms with Crippen LogP contribution < -0.4 is 5.73 Å². The molecular formula is C29H43N5O7. The van der Waals surface area contributed by atoms with Gasteiger partial charge in [-0.15, -0.1) is 0 Å². The molecule has 12 heteroatoms. The van der Waals surface area contributed by atoms with Gasteiger partial charge in [0.1, 0.15) is 24.6 Å².